The van der Waals surface area contributed by atoms with Gasteiger partial charge in [0.05, 0.1) is 18.6 Å². The van der Waals surface area contributed by atoms with Crippen LogP contribution in [-0.4, -0.2) is 67.3 Å². The normalized spacial score (nSPS) is 40.9. The summed E-state index contributed by atoms with van der Waals surface area (Å²) in [7, 11) is 1.69. The molecule has 2 amide bonds. The van der Waals surface area contributed by atoms with E-state index < -0.39 is 0 Å². The van der Waals surface area contributed by atoms with Gasteiger partial charge in [0, 0.05) is 25.6 Å². The van der Waals surface area contributed by atoms with Gasteiger partial charge in [0.15, 0.2) is 0 Å². The molecule has 4 rings (SSSR count). The Morgan fingerprint density at radius 2 is 1.74 bits per heavy atom. The van der Waals surface area contributed by atoms with E-state index in [-0.39, 0.29) is 59.5 Å². The van der Waals surface area contributed by atoms with Crippen molar-refractivity contribution in [3.63, 3.8) is 0 Å². The number of methoxy groups -OCH3 is 1. The Morgan fingerprint density at radius 3 is 2.29 bits per heavy atom. The molecule has 4 aliphatic rings. The van der Waals surface area contributed by atoms with Crippen LogP contribution in [0.1, 0.15) is 79.1 Å². The quantitative estimate of drug-likeness (QED) is 0.408. The van der Waals surface area contributed by atoms with Gasteiger partial charge in [-0.15, -0.1) is 0 Å². The molecule has 192 valence electrons. The number of amides is 2. The SMILES string of the molecule is CCC(=O)NC1CCC(NC(=O)OC2CC[C@]3(CO3)C(C3(C)O[C@@H]3CC=C(C)C)C2OC)CC1. The maximum absolute atomic E-state index is 12.8. The van der Waals surface area contributed by atoms with Crippen LogP contribution in [-0.2, 0) is 23.7 Å². The predicted octanol–water partition coefficient (Wildman–Crippen LogP) is 3.63. The highest BCUT2D eigenvalue weighted by Gasteiger charge is 2.72. The number of nitrogens with one attached hydrogen (secondary N) is 2. The lowest BCUT2D eigenvalue weighted by atomic mass is 9.68. The first-order valence-electron chi connectivity index (χ1n) is 12.9. The standard InChI is InChI=1S/C26H42N2O6/c1-6-21(29)27-17-8-10-18(11-9-17)28-24(30)33-19-13-14-26(15-32-26)23(22(19)31-5)25(4)20(34-25)12-7-16(2)3/h7,17-20,22-23H,6,8-15H2,1-5H3,(H,27,29)(H,28,30)/t17?,18?,19?,20-,22?,23?,25?,26+/m1/s1. The van der Waals surface area contributed by atoms with Gasteiger partial charge in [-0.05, 0) is 65.7 Å². The molecule has 8 nitrogen and oxygen atoms in total. The molecule has 2 saturated carbocycles. The maximum Gasteiger partial charge on any atom is 0.407 e. The summed E-state index contributed by atoms with van der Waals surface area (Å²) < 4.78 is 24.1. The number of epoxide rings is 2. The number of carbonyl (C=O) groups is 2. The van der Waals surface area contributed by atoms with Crippen molar-refractivity contribution in [1.82, 2.24) is 10.6 Å². The van der Waals surface area contributed by atoms with Gasteiger partial charge < -0.3 is 29.6 Å². The van der Waals surface area contributed by atoms with Crippen molar-refractivity contribution >= 4 is 12.0 Å². The van der Waals surface area contributed by atoms with Crippen molar-refractivity contribution < 1.29 is 28.5 Å². The van der Waals surface area contributed by atoms with Crippen molar-refractivity contribution in [3.8, 4) is 0 Å². The van der Waals surface area contributed by atoms with E-state index in [0.717, 1.165) is 38.5 Å². The van der Waals surface area contributed by atoms with Crippen molar-refractivity contribution in [2.75, 3.05) is 13.7 Å². The lowest BCUT2D eigenvalue weighted by molar-refractivity contribution is -0.121. The minimum Gasteiger partial charge on any atom is -0.443 e. The summed E-state index contributed by atoms with van der Waals surface area (Å²) in [4.78, 5) is 24.4. The third kappa shape index (κ3) is 5.44. The number of hydrogen-bond donors (Lipinski definition) is 2. The van der Waals surface area contributed by atoms with Crippen LogP contribution in [0.25, 0.3) is 0 Å². The third-order valence-corrected chi connectivity index (χ3v) is 8.23. The molecule has 0 aromatic rings. The van der Waals surface area contributed by atoms with E-state index in [4.69, 9.17) is 18.9 Å². The van der Waals surface area contributed by atoms with Gasteiger partial charge in [0.25, 0.3) is 0 Å². The number of carbonyl (C=O) groups excluding carboxylic acids is 2. The average Bonchev–Trinajstić information content (AvgIpc) is 3.72. The number of allylic oxidation sites excluding steroid dienone is 1. The summed E-state index contributed by atoms with van der Waals surface area (Å²) >= 11 is 0. The maximum atomic E-state index is 12.8. The zero-order valence-electron chi connectivity index (χ0n) is 21.4. The van der Waals surface area contributed by atoms with Crippen molar-refractivity contribution in [3.05, 3.63) is 11.6 Å². The zero-order chi connectivity index (χ0) is 24.5. The number of rotatable bonds is 8. The highest BCUT2D eigenvalue weighted by molar-refractivity contribution is 5.75. The lowest BCUT2D eigenvalue weighted by Crippen LogP contribution is -2.56. The van der Waals surface area contributed by atoms with Gasteiger partial charge >= 0.3 is 6.09 Å². The van der Waals surface area contributed by atoms with Crippen LogP contribution in [0.3, 0.4) is 0 Å². The molecule has 2 heterocycles. The van der Waals surface area contributed by atoms with Crippen LogP contribution in [0, 0.1) is 5.92 Å². The van der Waals surface area contributed by atoms with E-state index in [1.165, 1.54) is 5.57 Å². The van der Waals surface area contributed by atoms with Gasteiger partial charge in [-0.1, -0.05) is 18.6 Å². The summed E-state index contributed by atoms with van der Waals surface area (Å²) in [6.07, 6.45) is 7.66. The van der Waals surface area contributed by atoms with E-state index in [2.05, 4.69) is 37.5 Å². The van der Waals surface area contributed by atoms with E-state index in [0.29, 0.717) is 19.4 Å². The molecule has 34 heavy (non-hydrogen) atoms. The van der Waals surface area contributed by atoms with Crippen molar-refractivity contribution in [1.29, 1.82) is 0 Å². The Morgan fingerprint density at radius 1 is 1.09 bits per heavy atom. The number of ether oxygens (including phenoxy) is 4. The van der Waals surface area contributed by atoms with Crippen molar-refractivity contribution in [2.24, 2.45) is 5.92 Å². The monoisotopic (exact) mass is 478 g/mol. The van der Waals surface area contributed by atoms with Crippen LogP contribution in [0.2, 0.25) is 0 Å². The number of hydrogen-bond acceptors (Lipinski definition) is 6. The third-order valence-electron chi connectivity index (χ3n) is 8.23. The molecule has 0 aromatic heterocycles. The second-order valence-corrected chi connectivity index (χ2v) is 10.9. The van der Waals surface area contributed by atoms with E-state index >= 15 is 0 Å². The predicted molar refractivity (Wildman–Crippen MR) is 127 cm³/mol. The molecule has 2 aliphatic carbocycles. The molecule has 0 aromatic carbocycles. The second-order valence-electron chi connectivity index (χ2n) is 10.9. The Hall–Kier alpha value is -1.64. The van der Waals surface area contributed by atoms with Crippen LogP contribution in [0.15, 0.2) is 11.6 Å². The highest BCUT2D eigenvalue weighted by atomic mass is 16.6. The van der Waals surface area contributed by atoms with Crippen LogP contribution in [0.5, 0.6) is 0 Å². The highest BCUT2D eigenvalue weighted by Crippen LogP contribution is 2.59. The fraction of sp³-hybridized carbons (Fsp3) is 0.846. The summed E-state index contributed by atoms with van der Waals surface area (Å²) in [5, 5.41) is 6.10. The average molecular weight is 479 g/mol. The van der Waals surface area contributed by atoms with Gasteiger partial charge in [0.2, 0.25) is 5.91 Å². The zero-order valence-corrected chi connectivity index (χ0v) is 21.4. The summed E-state index contributed by atoms with van der Waals surface area (Å²) in [5.41, 5.74) is 0.706. The Bertz CT molecular complexity index is 784. The molecule has 2 saturated heterocycles. The van der Waals surface area contributed by atoms with E-state index in [9.17, 15) is 9.59 Å². The summed E-state index contributed by atoms with van der Waals surface area (Å²) in [5.74, 6) is 0.104. The molecule has 2 aliphatic heterocycles. The molecule has 4 unspecified atom stereocenters. The molecular formula is C26H42N2O6. The minimum absolute atomic E-state index is 0.0183. The first-order valence-corrected chi connectivity index (χ1v) is 12.9. The van der Waals surface area contributed by atoms with Gasteiger partial charge in [-0.3, -0.25) is 4.79 Å². The fourth-order valence-electron chi connectivity index (χ4n) is 6.12. The molecule has 8 heteroatoms. The lowest BCUT2D eigenvalue weighted by Gasteiger charge is -2.42. The molecule has 0 bridgehead atoms. The molecular weight excluding hydrogens is 436 g/mol. The fourth-order valence-corrected chi connectivity index (χ4v) is 6.12. The van der Waals surface area contributed by atoms with E-state index in [1.54, 1.807) is 7.11 Å². The van der Waals surface area contributed by atoms with E-state index in [1.807, 2.05) is 6.92 Å². The van der Waals surface area contributed by atoms with Gasteiger partial charge in [-0.2, -0.15) is 0 Å². The second kappa shape index (κ2) is 10.2. The Kier molecular flexibility index (Phi) is 7.60. The van der Waals surface area contributed by atoms with Crippen LogP contribution < -0.4 is 10.6 Å². The van der Waals surface area contributed by atoms with Crippen LogP contribution >= 0.6 is 0 Å². The first kappa shape index (κ1) is 25.5. The molecule has 6 atom stereocenters. The van der Waals surface area contributed by atoms with Gasteiger partial charge in [0.1, 0.15) is 23.4 Å². The number of alkyl carbamates (subject to hydrolysis) is 1. The topological polar surface area (TPSA) is 102 Å². The Balaban J connectivity index is 1.32. The molecule has 1 spiro atoms. The van der Waals surface area contributed by atoms with Crippen molar-refractivity contribution in [2.45, 2.75) is 121 Å². The first-order chi connectivity index (χ1) is 16.2. The molecule has 4 fully saturated rings. The van der Waals surface area contributed by atoms with Crippen LogP contribution in [0.4, 0.5) is 4.79 Å². The summed E-state index contributed by atoms with van der Waals surface area (Å²) in [6, 6.07) is 0.269. The largest absolute Gasteiger partial charge is 0.443 e. The Labute approximate surface area is 203 Å². The summed E-state index contributed by atoms with van der Waals surface area (Å²) in [6.45, 7) is 8.91. The molecule has 0 radical (unpaired) electrons. The smallest absolute Gasteiger partial charge is 0.407 e. The minimum atomic E-state index is -0.387. The molecule has 2 N–H and O–H groups in total. The van der Waals surface area contributed by atoms with Gasteiger partial charge in [-0.25, -0.2) is 4.79 Å².